The van der Waals surface area contributed by atoms with E-state index in [1.807, 2.05) is 18.2 Å². The fraction of sp³-hybridized carbons (Fsp3) is 0.538. The zero-order chi connectivity index (χ0) is 13.0. The van der Waals surface area contributed by atoms with E-state index in [-0.39, 0.29) is 5.75 Å². The average Bonchev–Trinajstić information content (AvgIpc) is 2.52. The van der Waals surface area contributed by atoms with E-state index in [1.54, 1.807) is 0 Å². The van der Waals surface area contributed by atoms with Crippen molar-refractivity contribution in [3.8, 4) is 0 Å². The van der Waals surface area contributed by atoms with E-state index >= 15 is 0 Å². The Morgan fingerprint density at radius 2 is 1.83 bits per heavy atom. The second kappa shape index (κ2) is 5.82. The van der Waals surface area contributed by atoms with Crippen molar-refractivity contribution in [3.05, 3.63) is 35.4 Å². The number of hydrogen-bond acceptors (Lipinski definition) is 4. The van der Waals surface area contributed by atoms with Gasteiger partial charge in [-0.15, -0.1) is 0 Å². The Morgan fingerprint density at radius 3 is 2.56 bits per heavy atom. The summed E-state index contributed by atoms with van der Waals surface area (Å²) in [7, 11) is -2.83. The van der Waals surface area contributed by atoms with Crippen LogP contribution < -0.4 is 5.73 Å². The maximum atomic E-state index is 11.5. The van der Waals surface area contributed by atoms with Gasteiger partial charge in [-0.05, 0) is 24.1 Å². The zero-order valence-electron chi connectivity index (χ0n) is 10.5. The Bertz CT molecular complexity index is 499. The third-order valence-electron chi connectivity index (χ3n) is 3.38. The predicted molar refractivity (Wildman–Crippen MR) is 72.9 cm³/mol. The molecule has 1 heterocycles. The van der Waals surface area contributed by atoms with Gasteiger partial charge in [-0.2, -0.15) is 0 Å². The Morgan fingerprint density at radius 1 is 1.11 bits per heavy atom. The van der Waals surface area contributed by atoms with Crippen LogP contribution in [0.3, 0.4) is 0 Å². The van der Waals surface area contributed by atoms with E-state index < -0.39 is 9.84 Å². The van der Waals surface area contributed by atoms with Gasteiger partial charge in [0.05, 0.1) is 11.5 Å². The molecule has 100 valence electrons. The van der Waals surface area contributed by atoms with Crippen molar-refractivity contribution in [2.24, 2.45) is 5.73 Å². The van der Waals surface area contributed by atoms with Crippen molar-refractivity contribution in [1.82, 2.24) is 4.90 Å². The van der Waals surface area contributed by atoms with Crippen LogP contribution in [0.5, 0.6) is 0 Å². The number of rotatable bonds is 3. The van der Waals surface area contributed by atoms with Gasteiger partial charge < -0.3 is 5.73 Å². The maximum absolute atomic E-state index is 11.5. The molecule has 0 spiro atoms. The molecule has 1 aromatic rings. The predicted octanol–water partition coefficient (Wildman–Crippen LogP) is 0.766. The van der Waals surface area contributed by atoms with E-state index in [9.17, 15) is 8.42 Å². The van der Waals surface area contributed by atoms with Crippen molar-refractivity contribution < 1.29 is 8.42 Å². The van der Waals surface area contributed by atoms with Gasteiger partial charge in [0.15, 0.2) is 9.84 Å². The summed E-state index contributed by atoms with van der Waals surface area (Å²) in [5.41, 5.74) is 8.07. The first-order valence-corrected chi connectivity index (χ1v) is 8.12. The van der Waals surface area contributed by atoms with Crippen LogP contribution >= 0.6 is 0 Å². The van der Waals surface area contributed by atoms with E-state index in [4.69, 9.17) is 5.73 Å². The highest BCUT2D eigenvalue weighted by molar-refractivity contribution is 7.91. The normalized spacial score (nSPS) is 20.5. The summed E-state index contributed by atoms with van der Waals surface area (Å²) in [5.74, 6) is 0.597. The summed E-state index contributed by atoms with van der Waals surface area (Å²) < 4.78 is 23.1. The van der Waals surface area contributed by atoms with Crippen LogP contribution in [0.4, 0.5) is 0 Å². The van der Waals surface area contributed by atoms with Gasteiger partial charge in [0.1, 0.15) is 0 Å². The molecule has 0 aromatic heterocycles. The summed E-state index contributed by atoms with van der Waals surface area (Å²) in [6.45, 7) is 2.80. The SMILES string of the molecule is NCc1ccccc1CN1CCCS(=O)(=O)CC1. The van der Waals surface area contributed by atoms with Crippen LogP contribution in [0, 0.1) is 0 Å². The third kappa shape index (κ3) is 3.54. The molecule has 1 saturated heterocycles. The molecule has 1 aliphatic rings. The molecule has 4 nitrogen and oxygen atoms in total. The van der Waals surface area contributed by atoms with E-state index in [0.29, 0.717) is 18.8 Å². The largest absolute Gasteiger partial charge is 0.326 e. The molecule has 0 atom stereocenters. The van der Waals surface area contributed by atoms with E-state index in [0.717, 1.165) is 25.1 Å². The van der Waals surface area contributed by atoms with Crippen LogP contribution in [0.2, 0.25) is 0 Å². The van der Waals surface area contributed by atoms with Crippen molar-refractivity contribution in [1.29, 1.82) is 0 Å². The molecule has 0 unspecified atom stereocenters. The number of nitrogens with two attached hydrogens (primary N) is 1. The lowest BCUT2D eigenvalue weighted by atomic mass is 10.1. The molecule has 1 fully saturated rings. The maximum Gasteiger partial charge on any atom is 0.151 e. The highest BCUT2D eigenvalue weighted by Crippen LogP contribution is 2.13. The van der Waals surface area contributed by atoms with Crippen molar-refractivity contribution >= 4 is 9.84 Å². The molecule has 0 saturated carbocycles. The minimum Gasteiger partial charge on any atom is -0.326 e. The lowest BCUT2D eigenvalue weighted by Crippen LogP contribution is -2.27. The lowest BCUT2D eigenvalue weighted by molar-refractivity contribution is 0.286. The molecular formula is C13H20N2O2S. The Hall–Kier alpha value is -0.910. The summed E-state index contributed by atoms with van der Waals surface area (Å²) in [6.07, 6.45) is 0.729. The standard InChI is InChI=1S/C13H20N2O2S/c14-10-12-4-1-2-5-13(12)11-15-6-3-8-18(16,17)9-7-15/h1-2,4-5H,3,6-11,14H2. The van der Waals surface area contributed by atoms with E-state index in [1.165, 1.54) is 5.56 Å². The fourth-order valence-electron chi connectivity index (χ4n) is 2.30. The summed E-state index contributed by atoms with van der Waals surface area (Å²) >= 11 is 0. The molecule has 0 aliphatic carbocycles. The first kappa shape index (κ1) is 13.5. The number of nitrogens with zero attached hydrogens (tertiary/aromatic N) is 1. The highest BCUT2D eigenvalue weighted by atomic mass is 32.2. The molecule has 1 aliphatic heterocycles. The summed E-state index contributed by atoms with van der Waals surface area (Å²) in [4.78, 5) is 2.21. The van der Waals surface area contributed by atoms with Crippen molar-refractivity contribution in [3.63, 3.8) is 0 Å². The Balaban J connectivity index is 2.05. The minimum atomic E-state index is -2.83. The van der Waals surface area contributed by atoms with Crippen LogP contribution in [-0.2, 0) is 22.9 Å². The molecule has 0 bridgehead atoms. The Kier molecular flexibility index (Phi) is 4.37. The minimum absolute atomic E-state index is 0.276. The number of sulfone groups is 1. The molecule has 5 heteroatoms. The van der Waals surface area contributed by atoms with Gasteiger partial charge in [-0.3, -0.25) is 4.90 Å². The highest BCUT2D eigenvalue weighted by Gasteiger charge is 2.19. The summed E-state index contributed by atoms with van der Waals surface area (Å²) in [6, 6.07) is 8.09. The monoisotopic (exact) mass is 268 g/mol. The van der Waals surface area contributed by atoms with Gasteiger partial charge in [-0.25, -0.2) is 8.42 Å². The second-order valence-corrected chi connectivity index (χ2v) is 7.06. The molecule has 2 N–H and O–H groups in total. The third-order valence-corrected chi connectivity index (χ3v) is 5.10. The second-order valence-electron chi connectivity index (χ2n) is 4.75. The lowest BCUT2D eigenvalue weighted by Gasteiger charge is -2.20. The van der Waals surface area contributed by atoms with Crippen LogP contribution in [0.15, 0.2) is 24.3 Å². The van der Waals surface area contributed by atoms with E-state index in [2.05, 4.69) is 11.0 Å². The quantitative estimate of drug-likeness (QED) is 0.879. The summed E-state index contributed by atoms with van der Waals surface area (Å²) in [5, 5.41) is 0. The van der Waals surface area contributed by atoms with Crippen LogP contribution in [0.1, 0.15) is 17.5 Å². The van der Waals surface area contributed by atoms with Gasteiger partial charge in [0.2, 0.25) is 0 Å². The number of hydrogen-bond donors (Lipinski definition) is 1. The van der Waals surface area contributed by atoms with Gasteiger partial charge >= 0.3 is 0 Å². The molecule has 0 radical (unpaired) electrons. The van der Waals surface area contributed by atoms with Crippen LogP contribution in [0.25, 0.3) is 0 Å². The van der Waals surface area contributed by atoms with Crippen LogP contribution in [-0.4, -0.2) is 37.9 Å². The van der Waals surface area contributed by atoms with Gasteiger partial charge in [0.25, 0.3) is 0 Å². The van der Waals surface area contributed by atoms with Crippen molar-refractivity contribution in [2.45, 2.75) is 19.5 Å². The average molecular weight is 268 g/mol. The van der Waals surface area contributed by atoms with Crippen molar-refractivity contribution in [2.75, 3.05) is 24.6 Å². The molecule has 0 amide bonds. The molecule has 1 aromatic carbocycles. The van der Waals surface area contributed by atoms with Gasteiger partial charge in [-0.1, -0.05) is 24.3 Å². The first-order valence-electron chi connectivity index (χ1n) is 6.30. The smallest absolute Gasteiger partial charge is 0.151 e. The fourth-order valence-corrected chi connectivity index (χ4v) is 3.61. The molecular weight excluding hydrogens is 248 g/mol. The van der Waals surface area contributed by atoms with Gasteiger partial charge in [0, 0.05) is 19.6 Å². The Labute approximate surface area is 109 Å². The molecule has 18 heavy (non-hydrogen) atoms. The number of benzene rings is 1. The first-order chi connectivity index (χ1) is 8.61. The topological polar surface area (TPSA) is 63.4 Å². The zero-order valence-corrected chi connectivity index (χ0v) is 11.3. The molecule has 2 rings (SSSR count).